The van der Waals surface area contributed by atoms with Gasteiger partial charge in [0, 0.05) is 6.04 Å². The second-order valence-corrected chi connectivity index (χ2v) is 5.11. The highest BCUT2D eigenvalue weighted by Gasteiger charge is 2.19. The molecule has 0 aliphatic heterocycles. The molecule has 0 aromatic heterocycles. The molecule has 0 spiro atoms. The summed E-state index contributed by atoms with van der Waals surface area (Å²) >= 11 is 0. The molecule has 0 saturated heterocycles. The van der Waals surface area contributed by atoms with E-state index in [0.29, 0.717) is 0 Å². The van der Waals surface area contributed by atoms with Crippen LogP contribution in [0.2, 0.25) is 0 Å². The first-order valence-electron chi connectivity index (χ1n) is 6.43. The van der Waals surface area contributed by atoms with Gasteiger partial charge in [0.05, 0.1) is 0 Å². The Balaban J connectivity index is 2.16. The summed E-state index contributed by atoms with van der Waals surface area (Å²) in [6, 6.07) is 0.757. The maximum atomic E-state index is 3.40. The van der Waals surface area contributed by atoms with Crippen molar-refractivity contribution in [3.05, 3.63) is 0 Å². The van der Waals surface area contributed by atoms with Crippen molar-refractivity contribution in [2.75, 3.05) is 7.05 Å². The Hall–Kier alpha value is -0.0400. The van der Waals surface area contributed by atoms with Crippen molar-refractivity contribution < 1.29 is 0 Å². The van der Waals surface area contributed by atoms with E-state index in [1.165, 1.54) is 44.9 Å². The van der Waals surface area contributed by atoms with Gasteiger partial charge in [0.25, 0.3) is 0 Å². The van der Waals surface area contributed by atoms with E-state index in [-0.39, 0.29) is 0 Å². The summed E-state index contributed by atoms with van der Waals surface area (Å²) in [6.45, 7) is 4.70. The molecule has 3 atom stereocenters. The molecule has 1 N–H and O–H groups in total. The Bertz CT molecular complexity index is 140. The largest absolute Gasteiger partial charge is 0.317 e. The van der Waals surface area contributed by atoms with Crippen LogP contribution >= 0.6 is 0 Å². The predicted octanol–water partition coefficient (Wildman–Crippen LogP) is 3.59. The molecule has 0 heterocycles. The zero-order valence-corrected chi connectivity index (χ0v) is 10.2. The zero-order valence-electron chi connectivity index (χ0n) is 10.2. The highest BCUT2D eigenvalue weighted by atomic mass is 14.9. The first-order chi connectivity index (χ1) is 6.76. The lowest BCUT2D eigenvalue weighted by Crippen LogP contribution is -2.25. The smallest absolute Gasteiger partial charge is 0.00615 e. The maximum Gasteiger partial charge on any atom is 0.00615 e. The molecule has 1 saturated carbocycles. The molecule has 0 aromatic rings. The van der Waals surface area contributed by atoms with Gasteiger partial charge >= 0.3 is 0 Å². The molecule has 1 nitrogen and oxygen atoms in total. The van der Waals surface area contributed by atoms with Crippen LogP contribution in [0.1, 0.15) is 58.8 Å². The lowest BCUT2D eigenvalue weighted by atomic mass is 9.79. The van der Waals surface area contributed by atoms with Crippen LogP contribution in [-0.2, 0) is 0 Å². The van der Waals surface area contributed by atoms with Gasteiger partial charge in [-0.15, -0.1) is 0 Å². The molecular formula is C13H27N. The fourth-order valence-corrected chi connectivity index (χ4v) is 2.81. The van der Waals surface area contributed by atoms with Crippen molar-refractivity contribution >= 4 is 0 Å². The van der Waals surface area contributed by atoms with Crippen molar-refractivity contribution in [3.63, 3.8) is 0 Å². The number of hydrogen-bond acceptors (Lipinski definition) is 1. The van der Waals surface area contributed by atoms with Gasteiger partial charge < -0.3 is 5.32 Å². The van der Waals surface area contributed by atoms with E-state index in [1.54, 1.807) is 0 Å². The molecule has 1 aliphatic carbocycles. The summed E-state index contributed by atoms with van der Waals surface area (Å²) in [5.74, 6) is 2.02. The Morgan fingerprint density at radius 3 is 2.71 bits per heavy atom. The van der Waals surface area contributed by atoms with Gasteiger partial charge in [-0.1, -0.05) is 33.1 Å². The number of rotatable bonds is 5. The molecule has 3 unspecified atom stereocenters. The van der Waals surface area contributed by atoms with E-state index in [2.05, 4.69) is 26.2 Å². The van der Waals surface area contributed by atoms with Gasteiger partial charge in [-0.05, 0) is 44.6 Å². The highest BCUT2D eigenvalue weighted by molar-refractivity contribution is 4.73. The third kappa shape index (κ3) is 4.00. The van der Waals surface area contributed by atoms with Crippen molar-refractivity contribution in [1.29, 1.82) is 0 Å². The van der Waals surface area contributed by atoms with Gasteiger partial charge in [-0.2, -0.15) is 0 Å². The van der Waals surface area contributed by atoms with Crippen LogP contribution in [-0.4, -0.2) is 13.1 Å². The molecule has 0 amide bonds. The Morgan fingerprint density at radius 2 is 2.14 bits per heavy atom. The van der Waals surface area contributed by atoms with Crippen LogP contribution < -0.4 is 5.32 Å². The monoisotopic (exact) mass is 197 g/mol. The average Bonchev–Trinajstić information content (AvgIpc) is 2.19. The molecule has 1 fully saturated rings. The Labute approximate surface area is 89.7 Å². The number of nitrogens with one attached hydrogen (secondary N) is 1. The second-order valence-electron chi connectivity index (χ2n) is 5.11. The van der Waals surface area contributed by atoms with Gasteiger partial charge in [0.1, 0.15) is 0 Å². The lowest BCUT2D eigenvalue weighted by molar-refractivity contribution is 0.257. The SMILES string of the molecule is CCC(CCC1CCCC(C)C1)NC. The van der Waals surface area contributed by atoms with Gasteiger partial charge in [0.15, 0.2) is 0 Å². The van der Waals surface area contributed by atoms with E-state index in [0.717, 1.165) is 17.9 Å². The second kappa shape index (κ2) is 6.44. The fourth-order valence-electron chi connectivity index (χ4n) is 2.81. The normalized spacial score (nSPS) is 30.2. The van der Waals surface area contributed by atoms with Crippen LogP contribution in [0.5, 0.6) is 0 Å². The lowest BCUT2D eigenvalue weighted by Gasteiger charge is -2.27. The van der Waals surface area contributed by atoms with E-state index < -0.39 is 0 Å². The minimum absolute atomic E-state index is 0.757. The highest BCUT2D eigenvalue weighted by Crippen LogP contribution is 2.31. The van der Waals surface area contributed by atoms with Gasteiger partial charge in [0.2, 0.25) is 0 Å². The molecule has 0 aromatic carbocycles. The molecule has 0 radical (unpaired) electrons. The first kappa shape index (κ1) is 12.0. The third-order valence-electron chi connectivity index (χ3n) is 3.87. The van der Waals surface area contributed by atoms with E-state index in [1.807, 2.05) is 0 Å². The Kier molecular flexibility index (Phi) is 5.54. The minimum atomic E-state index is 0.757. The first-order valence-corrected chi connectivity index (χ1v) is 6.43. The molecular weight excluding hydrogens is 170 g/mol. The maximum absolute atomic E-state index is 3.40. The van der Waals surface area contributed by atoms with Crippen molar-refractivity contribution in [2.24, 2.45) is 11.8 Å². The van der Waals surface area contributed by atoms with E-state index >= 15 is 0 Å². The van der Waals surface area contributed by atoms with Crippen LogP contribution in [0.25, 0.3) is 0 Å². The predicted molar refractivity (Wildman–Crippen MR) is 63.5 cm³/mol. The van der Waals surface area contributed by atoms with E-state index in [4.69, 9.17) is 0 Å². The summed E-state index contributed by atoms with van der Waals surface area (Å²) < 4.78 is 0. The van der Waals surface area contributed by atoms with Crippen molar-refractivity contribution in [1.82, 2.24) is 5.32 Å². The van der Waals surface area contributed by atoms with Crippen LogP contribution in [0, 0.1) is 11.8 Å². The quantitative estimate of drug-likeness (QED) is 0.710. The van der Waals surface area contributed by atoms with Crippen molar-refractivity contribution in [3.8, 4) is 0 Å². The summed E-state index contributed by atoms with van der Waals surface area (Å²) in [7, 11) is 2.09. The molecule has 1 aliphatic rings. The zero-order chi connectivity index (χ0) is 10.4. The summed E-state index contributed by atoms with van der Waals surface area (Å²) in [4.78, 5) is 0. The minimum Gasteiger partial charge on any atom is -0.317 e. The number of hydrogen-bond donors (Lipinski definition) is 1. The average molecular weight is 197 g/mol. The van der Waals surface area contributed by atoms with Gasteiger partial charge in [-0.25, -0.2) is 0 Å². The molecule has 1 rings (SSSR count). The standard InChI is InChI=1S/C13H27N/c1-4-13(14-3)9-8-12-7-5-6-11(2)10-12/h11-14H,4-10H2,1-3H3. The molecule has 0 bridgehead atoms. The fraction of sp³-hybridized carbons (Fsp3) is 1.00. The van der Waals surface area contributed by atoms with Crippen LogP contribution in [0.15, 0.2) is 0 Å². The van der Waals surface area contributed by atoms with E-state index in [9.17, 15) is 0 Å². The summed E-state index contributed by atoms with van der Waals surface area (Å²) in [6.07, 6.45) is 10.0. The molecule has 14 heavy (non-hydrogen) atoms. The summed E-state index contributed by atoms with van der Waals surface area (Å²) in [5, 5.41) is 3.40. The Morgan fingerprint density at radius 1 is 1.36 bits per heavy atom. The summed E-state index contributed by atoms with van der Waals surface area (Å²) in [5.41, 5.74) is 0. The van der Waals surface area contributed by atoms with Crippen LogP contribution in [0.4, 0.5) is 0 Å². The third-order valence-corrected chi connectivity index (χ3v) is 3.87. The molecule has 84 valence electrons. The topological polar surface area (TPSA) is 12.0 Å². The van der Waals surface area contributed by atoms with Gasteiger partial charge in [-0.3, -0.25) is 0 Å². The van der Waals surface area contributed by atoms with Crippen molar-refractivity contribution in [2.45, 2.75) is 64.8 Å². The van der Waals surface area contributed by atoms with Crippen LogP contribution in [0.3, 0.4) is 0 Å². The molecule has 1 heteroatoms.